The first kappa shape index (κ1) is 9.45. The molecule has 4 heteroatoms. The van der Waals surface area contributed by atoms with E-state index in [1.807, 2.05) is 12.1 Å². The predicted octanol–water partition coefficient (Wildman–Crippen LogP) is 0.675. The number of nitrogens with two attached hydrogens (primary N) is 1. The van der Waals surface area contributed by atoms with E-state index in [4.69, 9.17) is 15.2 Å². The first-order chi connectivity index (χ1) is 6.77. The van der Waals surface area contributed by atoms with Crippen molar-refractivity contribution >= 4 is 5.69 Å². The highest BCUT2D eigenvalue weighted by molar-refractivity contribution is 5.40. The molecule has 76 valence electrons. The third-order valence-corrected chi connectivity index (χ3v) is 2.23. The lowest BCUT2D eigenvalue weighted by molar-refractivity contribution is -0.196. The zero-order chi connectivity index (χ0) is 9.97. The van der Waals surface area contributed by atoms with Crippen molar-refractivity contribution in [3.63, 3.8) is 0 Å². The summed E-state index contributed by atoms with van der Waals surface area (Å²) in [6.07, 6.45) is -0.906. The summed E-state index contributed by atoms with van der Waals surface area (Å²) < 4.78 is 10.3. The van der Waals surface area contributed by atoms with Crippen LogP contribution in [0.15, 0.2) is 24.3 Å². The van der Waals surface area contributed by atoms with E-state index < -0.39 is 6.10 Å². The van der Waals surface area contributed by atoms with Gasteiger partial charge in [-0.15, -0.1) is 0 Å². The normalized spacial score (nSPS) is 27.5. The van der Waals surface area contributed by atoms with Crippen molar-refractivity contribution in [2.75, 3.05) is 19.1 Å². The lowest BCUT2D eigenvalue weighted by atomic mass is 10.0. The minimum Gasteiger partial charge on any atom is -0.399 e. The van der Waals surface area contributed by atoms with E-state index in [2.05, 4.69) is 0 Å². The zero-order valence-electron chi connectivity index (χ0n) is 7.72. The topological polar surface area (TPSA) is 64.7 Å². The number of nitrogen functional groups attached to an aromatic ring is 1. The molecule has 1 aliphatic rings. The number of benzene rings is 1. The Balaban J connectivity index is 2.16. The van der Waals surface area contributed by atoms with Gasteiger partial charge in [-0.1, -0.05) is 12.1 Å². The van der Waals surface area contributed by atoms with Crippen LogP contribution in [0.2, 0.25) is 0 Å². The monoisotopic (exact) mass is 195 g/mol. The highest BCUT2D eigenvalue weighted by Gasteiger charge is 2.25. The second kappa shape index (κ2) is 3.96. The number of anilines is 1. The van der Waals surface area contributed by atoms with Crippen LogP contribution in [0.4, 0.5) is 5.69 Å². The van der Waals surface area contributed by atoms with E-state index in [1.165, 1.54) is 0 Å². The minimum atomic E-state index is -0.604. The maximum absolute atomic E-state index is 9.61. The van der Waals surface area contributed by atoms with Gasteiger partial charge in [0.25, 0.3) is 0 Å². The molecular formula is C10H13NO3. The summed E-state index contributed by atoms with van der Waals surface area (Å²) in [6.45, 7) is 0.543. The van der Waals surface area contributed by atoms with Crippen LogP contribution in [0.1, 0.15) is 11.7 Å². The molecule has 1 saturated heterocycles. The van der Waals surface area contributed by atoms with Crippen LogP contribution < -0.4 is 5.73 Å². The van der Waals surface area contributed by atoms with Gasteiger partial charge in [-0.2, -0.15) is 0 Å². The van der Waals surface area contributed by atoms with Crippen molar-refractivity contribution in [3.05, 3.63) is 29.8 Å². The number of hydrogen-bond acceptors (Lipinski definition) is 4. The van der Waals surface area contributed by atoms with Gasteiger partial charge in [0.05, 0.1) is 6.61 Å². The number of aliphatic hydroxyl groups excluding tert-OH is 1. The molecule has 1 aromatic rings. The summed E-state index contributed by atoms with van der Waals surface area (Å²) in [7, 11) is 0. The van der Waals surface area contributed by atoms with Crippen LogP contribution in [-0.4, -0.2) is 24.6 Å². The molecule has 0 radical (unpaired) electrons. The molecule has 1 aromatic carbocycles. The van der Waals surface area contributed by atoms with Crippen LogP contribution in [0.3, 0.4) is 0 Å². The van der Waals surface area contributed by atoms with Gasteiger partial charge in [-0.05, 0) is 17.7 Å². The fraction of sp³-hybridized carbons (Fsp3) is 0.400. The molecular weight excluding hydrogens is 182 g/mol. The van der Waals surface area contributed by atoms with E-state index in [0.717, 1.165) is 5.56 Å². The van der Waals surface area contributed by atoms with E-state index in [0.29, 0.717) is 12.3 Å². The first-order valence-electron chi connectivity index (χ1n) is 4.50. The van der Waals surface area contributed by atoms with E-state index in [1.54, 1.807) is 12.1 Å². The Hall–Kier alpha value is -1.10. The second-order valence-corrected chi connectivity index (χ2v) is 3.31. The molecule has 1 aliphatic heterocycles. The van der Waals surface area contributed by atoms with Gasteiger partial charge in [0.1, 0.15) is 19.0 Å². The Morgan fingerprint density at radius 3 is 2.64 bits per heavy atom. The summed E-state index contributed by atoms with van der Waals surface area (Å²) >= 11 is 0. The number of rotatable bonds is 1. The summed E-state index contributed by atoms with van der Waals surface area (Å²) in [5.74, 6) is 0. The Kier molecular flexibility index (Phi) is 2.67. The molecule has 0 spiro atoms. The molecule has 0 saturated carbocycles. The molecule has 0 aliphatic carbocycles. The molecule has 0 aromatic heterocycles. The van der Waals surface area contributed by atoms with Crippen LogP contribution in [-0.2, 0) is 9.47 Å². The zero-order valence-corrected chi connectivity index (χ0v) is 7.72. The van der Waals surface area contributed by atoms with Crippen molar-refractivity contribution < 1.29 is 14.6 Å². The number of ether oxygens (including phenoxy) is 2. The van der Waals surface area contributed by atoms with Gasteiger partial charge in [0, 0.05) is 5.69 Å². The van der Waals surface area contributed by atoms with Crippen LogP contribution >= 0.6 is 0 Å². The van der Waals surface area contributed by atoms with Gasteiger partial charge in [-0.3, -0.25) is 0 Å². The van der Waals surface area contributed by atoms with Gasteiger partial charge in [-0.25, -0.2) is 0 Å². The average molecular weight is 195 g/mol. The molecule has 2 atom stereocenters. The molecule has 2 unspecified atom stereocenters. The Morgan fingerprint density at radius 2 is 2.00 bits per heavy atom. The summed E-state index contributed by atoms with van der Waals surface area (Å²) in [5, 5.41) is 9.61. The standard InChI is InChI=1S/C10H13NO3/c11-8-3-1-7(2-4-8)10-9(12)5-13-6-14-10/h1-4,9-10,12H,5-6,11H2. The molecule has 0 amide bonds. The lowest BCUT2D eigenvalue weighted by Crippen LogP contribution is -2.32. The van der Waals surface area contributed by atoms with Crippen molar-refractivity contribution in [1.82, 2.24) is 0 Å². The molecule has 4 nitrogen and oxygen atoms in total. The Labute approximate surface area is 82.2 Å². The maximum atomic E-state index is 9.61. The maximum Gasteiger partial charge on any atom is 0.147 e. The van der Waals surface area contributed by atoms with Gasteiger partial charge in [0.15, 0.2) is 0 Å². The average Bonchev–Trinajstić information content (AvgIpc) is 2.20. The molecule has 1 fully saturated rings. The molecule has 0 bridgehead atoms. The Morgan fingerprint density at radius 1 is 1.29 bits per heavy atom. The van der Waals surface area contributed by atoms with Crippen molar-refractivity contribution in [1.29, 1.82) is 0 Å². The minimum absolute atomic E-state index is 0.228. The largest absolute Gasteiger partial charge is 0.399 e. The summed E-state index contributed by atoms with van der Waals surface area (Å²) in [4.78, 5) is 0. The molecule has 2 rings (SSSR count). The summed E-state index contributed by atoms with van der Waals surface area (Å²) in [5.41, 5.74) is 7.19. The quantitative estimate of drug-likeness (QED) is 0.646. The lowest BCUT2D eigenvalue weighted by Gasteiger charge is -2.28. The highest BCUT2D eigenvalue weighted by Crippen LogP contribution is 2.25. The van der Waals surface area contributed by atoms with Crippen molar-refractivity contribution in [3.8, 4) is 0 Å². The van der Waals surface area contributed by atoms with Crippen molar-refractivity contribution in [2.24, 2.45) is 0 Å². The molecule has 1 heterocycles. The smallest absolute Gasteiger partial charge is 0.147 e. The van der Waals surface area contributed by atoms with Gasteiger partial charge in [0.2, 0.25) is 0 Å². The fourth-order valence-electron chi connectivity index (χ4n) is 1.49. The van der Waals surface area contributed by atoms with Crippen molar-refractivity contribution in [2.45, 2.75) is 12.2 Å². The highest BCUT2D eigenvalue weighted by atomic mass is 16.7. The molecule has 3 N–H and O–H groups in total. The van der Waals surface area contributed by atoms with E-state index in [9.17, 15) is 5.11 Å². The third kappa shape index (κ3) is 1.87. The SMILES string of the molecule is Nc1ccc(C2OCOCC2O)cc1. The summed E-state index contributed by atoms with van der Waals surface area (Å²) in [6, 6.07) is 7.30. The van der Waals surface area contributed by atoms with Crippen LogP contribution in [0.5, 0.6) is 0 Å². The molecule has 14 heavy (non-hydrogen) atoms. The predicted molar refractivity (Wildman–Crippen MR) is 51.5 cm³/mol. The Bertz CT molecular complexity index is 299. The first-order valence-corrected chi connectivity index (χ1v) is 4.50. The fourth-order valence-corrected chi connectivity index (χ4v) is 1.49. The third-order valence-electron chi connectivity index (χ3n) is 2.23. The second-order valence-electron chi connectivity index (χ2n) is 3.31. The number of aliphatic hydroxyl groups is 1. The van der Waals surface area contributed by atoms with Gasteiger partial charge < -0.3 is 20.3 Å². The van der Waals surface area contributed by atoms with Gasteiger partial charge >= 0.3 is 0 Å². The van der Waals surface area contributed by atoms with E-state index in [-0.39, 0.29) is 12.9 Å². The van der Waals surface area contributed by atoms with Crippen LogP contribution in [0, 0.1) is 0 Å². The van der Waals surface area contributed by atoms with Crippen LogP contribution in [0.25, 0.3) is 0 Å². The van der Waals surface area contributed by atoms with E-state index >= 15 is 0 Å². The number of hydrogen-bond donors (Lipinski definition) is 2.